The molecule has 1 aliphatic rings. The second-order valence-electron chi connectivity index (χ2n) is 3.60. The number of thioether (sulfide) groups is 1. The first kappa shape index (κ1) is 12.6. The third kappa shape index (κ3) is 2.57. The van der Waals surface area contributed by atoms with Crippen LogP contribution < -0.4 is 5.73 Å². The average molecular weight is 242 g/mol. The van der Waals surface area contributed by atoms with Crippen LogP contribution in [0.1, 0.15) is 6.92 Å². The Bertz CT molecular complexity index is 249. The predicted octanol–water partition coefficient (Wildman–Crippen LogP) is 0.842. The van der Waals surface area contributed by atoms with Crippen LogP contribution in [0.2, 0.25) is 0 Å². The van der Waals surface area contributed by atoms with Gasteiger partial charge < -0.3 is 10.6 Å². The largest absolute Gasteiger partial charge is 0.415 e. The molecule has 7 heteroatoms. The van der Waals surface area contributed by atoms with E-state index >= 15 is 0 Å². The van der Waals surface area contributed by atoms with E-state index in [4.69, 9.17) is 5.73 Å². The molecule has 1 fully saturated rings. The lowest BCUT2D eigenvalue weighted by Crippen LogP contribution is -2.63. The zero-order valence-electron chi connectivity index (χ0n) is 8.30. The highest BCUT2D eigenvalue weighted by Gasteiger charge is 2.55. The number of hydrogen-bond acceptors (Lipinski definition) is 3. The van der Waals surface area contributed by atoms with Crippen molar-refractivity contribution in [3.63, 3.8) is 0 Å². The quantitative estimate of drug-likeness (QED) is 0.741. The topological polar surface area (TPSA) is 46.3 Å². The fourth-order valence-corrected chi connectivity index (χ4v) is 2.12. The van der Waals surface area contributed by atoms with Gasteiger partial charge in [-0.2, -0.15) is 24.9 Å². The molecule has 1 unspecified atom stereocenters. The van der Waals surface area contributed by atoms with Gasteiger partial charge in [0, 0.05) is 24.6 Å². The van der Waals surface area contributed by atoms with Crippen molar-refractivity contribution in [3.05, 3.63) is 0 Å². The first-order valence-electron chi connectivity index (χ1n) is 4.49. The second kappa shape index (κ2) is 4.21. The molecule has 0 aromatic heterocycles. The third-order valence-electron chi connectivity index (χ3n) is 2.33. The molecule has 1 rings (SSSR count). The standard InChI is InChI=1S/C8H13F3N2OS/c1-7(12,8(9,10)11)6(14)13-2-4-15-5-3-13/h2-5,12H2,1H3. The van der Waals surface area contributed by atoms with Crippen molar-refractivity contribution in [2.45, 2.75) is 18.6 Å². The number of nitrogens with two attached hydrogens (primary N) is 1. The number of nitrogens with zero attached hydrogens (tertiary/aromatic N) is 1. The van der Waals surface area contributed by atoms with Crippen LogP contribution in [0.5, 0.6) is 0 Å². The van der Waals surface area contributed by atoms with Crippen molar-refractivity contribution >= 4 is 17.7 Å². The van der Waals surface area contributed by atoms with Gasteiger partial charge >= 0.3 is 6.18 Å². The van der Waals surface area contributed by atoms with Crippen molar-refractivity contribution in [1.82, 2.24) is 4.90 Å². The summed E-state index contributed by atoms with van der Waals surface area (Å²) in [5.41, 5.74) is 2.28. The van der Waals surface area contributed by atoms with E-state index in [1.165, 1.54) is 4.90 Å². The van der Waals surface area contributed by atoms with Crippen molar-refractivity contribution in [2.24, 2.45) is 5.73 Å². The van der Waals surface area contributed by atoms with Gasteiger partial charge in [-0.05, 0) is 6.92 Å². The van der Waals surface area contributed by atoms with E-state index in [0.29, 0.717) is 24.6 Å². The summed E-state index contributed by atoms with van der Waals surface area (Å²) in [4.78, 5) is 12.7. The fraction of sp³-hybridized carbons (Fsp3) is 0.875. The average Bonchev–Trinajstić information content (AvgIpc) is 2.16. The first-order chi connectivity index (χ1) is 6.77. The minimum Gasteiger partial charge on any atom is -0.339 e. The molecule has 88 valence electrons. The highest BCUT2D eigenvalue weighted by atomic mass is 32.2. The van der Waals surface area contributed by atoms with E-state index in [2.05, 4.69) is 0 Å². The molecule has 0 saturated carbocycles. The Kier molecular flexibility index (Phi) is 3.55. The number of alkyl halides is 3. The molecule has 1 saturated heterocycles. The Labute approximate surface area is 90.2 Å². The maximum absolute atomic E-state index is 12.5. The molecule has 2 N–H and O–H groups in total. The zero-order valence-corrected chi connectivity index (χ0v) is 9.12. The van der Waals surface area contributed by atoms with Gasteiger partial charge in [0.1, 0.15) is 0 Å². The van der Waals surface area contributed by atoms with E-state index in [0.717, 1.165) is 6.92 Å². The molecule has 0 aromatic carbocycles. The maximum Gasteiger partial charge on any atom is 0.415 e. The van der Waals surface area contributed by atoms with Gasteiger partial charge in [-0.3, -0.25) is 4.79 Å². The third-order valence-corrected chi connectivity index (χ3v) is 3.27. The Morgan fingerprint density at radius 3 is 2.20 bits per heavy atom. The van der Waals surface area contributed by atoms with Crippen LogP contribution in [0.4, 0.5) is 13.2 Å². The fourth-order valence-electron chi connectivity index (χ4n) is 1.22. The second-order valence-corrected chi connectivity index (χ2v) is 4.83. The van der Waals surface area contributed by atoms with Gasteiger partial charge in [0.05, 0.1) is 0 Å². The lowest BCUT2D eigenvalue weighted by molar-refractivity contribution is -0.193. The van der Waals surface area contributed by atoms with E-state index in [9.17, 15) is 18.0 Å². The van der Waals surface area contributed by atoms with E-state index in [1.54, 1.807) is 11.8 Å². The summed E-state index contributed by atoms with van der Waals surface area (Å²) in [5, 5.41) is 0. The molecule has 1 amide bonds. The van der Waals surface area contributed by atoms with Crippen LogP contribution in [0.25, 0.3) is 0 Å². The van der Waals surface area contributed by atoms with Crippen LogP contribution in [0, 0.1) is 0 Å². The number of rotatable bonds is 1. The number of carbonyl (C=O) groups is 1. The highest BCUT2D eigenvalue weighted by Crippen LogP contribution is 2.30. The number of hydrogen-bond donors (Lipinski definition) is 1. The monoisotopic (exact) mass is 242 g/mol. The van der Waals surface area contributed by atoms with E-state index in [-0.39, 0.29) is 0 Å². The molecule has 0 spiro atoms. The molecule has 0 aliphatic carbocycles. The summed E-state index contributed by atoms with van der Waals surface area (Å²) >= 11 is 1.62. The normalized spacial score (nSPS) is 22.3. The minimum absolute atomic E-state index is 0.340. The molecule has 0 bridgehead atoms. The summed E-state index contributed by atoms with van der Waals surface area (Å²) in [5.74, 6) is 0.301. The molecule has 15 heavy (non-hydrogen) atoms. The summed E-state index contributed by atoms with van der Waals surface area (Å²) < 4.78 is 37.4. The summed E-state index contributed by atoms with van der Waals surface area (Å²) in [6, 6.07) is 0. The van der Waals surface area contributed by atoms with Crippen LogP contribution in [0.15, 0.2) is 0 Å². The van der Waals surface area contributed by atoms with Gasteiger partial charge in [0.25, 0.3) is 5.91 Å². The molecule has 1 aliphatic heterocycles. The molecular formula is C8H13F3N2OS. The lowest BCUT2D eigenvalue weighted by Gasteiger charge is -2.34. The minimum atomic E-state index is -4.70. The smallest absolute Gasteiger partial charge is 0.339 e. The van der Waals surface area contributed by atoms with Gasteiger partial charge in [-0.1, -0.05) is 0 Å². The van der Waals surface area contributed by atoms with Gasteiger partial charge in [-0.15, -0.1) is 0 Å². The zero-order chi connectivity index (χ0) is 11.7. The Morgan fingerprint density at radius 1 is 1.33 bits per heavy atom. The molecular weight excluding hydrogens is 229 g/mol. The van der Waals surface area contributed by atoms with Gasteiger partial charge in [0.15, 0.2) is 5.54 Å². The Morgan fingerprint density at radius 2 is 1.80 bits per heavy atom. The predicted molar refractivity (Wildman–Crippen MR) is 52.6 cm³/mol. The van der Waals surface area contributed by atoms with E-state index in [1.807, 2.05) is 0 Å². The summed E-state index contributed by atoms with van der Waals surface area (Å²) in [6.07, 6.45) is -4.70. The SMILES string of the molecule is CC(N)(C(=O)N1CCSCC1)C(F)(F)F. The van der Waals surface area contributed by atoms with Crippen LogP contribution in [-0.2, 0) is 4.79 Å². The van der Waals surface area contributed by atoms with Crippen molar-refractivity contribution in [3.8, 4) is 0 Å². The van der Waals surface area contributed by atoms with E-state index < -0.39 is 17.6 Å². The summed E-state index contributed by atoms with van der Waals surface area (Å²) in [6.45, 7) is 1.40. The number of halogens is 3. The van der Waals surface area contributed by atoms with Gasteiger partial charge in [-0.25, -0.2) is 0 Å². The highest BCUT2D eigenvalue weighted by molar-refractivity contribution is 7.99. The van der Waals surface area contributed by atoms with Crippen LogP contribution in [-0.4, -0.2) is 47.1 Å². The maximum atomic E-state index is 12.5. The van der Waals surface area contributed by atoms with Crippen LogP contribution >= 0.6 is 11.8 Å². The molecule has 1 heterocycles. The number of amides is 1. The molecule has 1 atom stereocenters. The lowest BCUT2D eigenvalue weighted by atomic mass is 10.0. The number of carbonyl (C=O) groups excluding carboxylic acids is 1. The summed E-state index contributed by atoms with van der Waals surface area (Å²) in [7, 11) is 0. The Hall–Kier alpha value is -0.430. The van der Waals surface area contributed by atoms with Crippen molar-refractivity contribution < 1.29 is 18.0 Å². The molecule has 0 radical (unpaired) electrons. The Balaban J connectivity index is 2.74. The molecule has 3 nitrogen and oxygen atoms in total. The van der Waals surface area contributed by atoms with Gasteiger partial charge in [0.2, 0.25) is 0 Å². The van der Waals surface area contributed by atoms with Crippen molar-refractivity contribution in [1.29, 1.82) is 0 Å². The first-order valence-corrected chi connectivity index (χ1v) is 5.65. The molecule has 0 aromatic rings. The van der Waals surface area contributed by atoms with Crippen molar-refractivity contribution in [2.75, 3.05) is 24.6 Å². The van der Waals surface area contributed by atoms with Crippen LogP contribution in [0.3, 0.4) is 0 Å².